The van der Waals surface area contributed by atoms with Gasteiger partial charge in [-0.3, -0.25) is 34.9 Å². The van der Waals surface area contributed by atoms with Crippen LogP contribution >= 0.6 is 0 Å². The van der Waals surface area contributed by atoms with Gasteiger partial charge in [-0.1, -0.05) is 38.8 Å². The van der Waals surface area contributed by atoms with Crippen LogP contribution in [-0.4, -0.2) is 41.7 Å². The summed E-state index contributed by atoms with van der Waals surface area (Å²) in [4.78, 5) is 50.2. The number of nitrogens with zero attached hydrogens (tertiary/aromatic N) is 1. The minimum absolute atomic E-state index is 0.0317. The summed E-state index contributed by atoms with van der Waals surface area (Å²) < 4.78 is 5.64. The zero-order valence-electron chi connectivity index (χ0n) is 18.4. The molecule has 2 aliphatic rings. The predicted molar refractivity (Wildman–Crippen MR) is 114 cm³/mol. The molecular formula is C23H31N3O5. The molecule has 2 N–H and O–H groups in total. The number of carbonyl (C=O) groups excluding carboxylic acids is 4. The van der Waals surface area contributed by atoms with Crippen molar-refractivity contribution in [2.75, 3.05) is 13.2 Å². The first-order chi connectivity index (χ1) is 14.8. The monoisotopic (exact) mass is 429 g/mol. The lowest BCUT2D eigenvalue weighted by molar-refractivity contribution is -0.140. The van der Waals surface area contributed by atoms with Gasteiger partial charge in [-0.15, -0.1) is 0 Å². The van der Waals surface area contributed by atoms with Gasteiger partial charge in [0.1, 0.15) is 5.75 Å². The van der Waals surface area contributed by atoms with Gasteiger partial charge in [-0.05, 0) is 42.9 Å². The van der Waals surface area contributed by atoms with E-state index in [1.807, 2.05) is 39.0 Å². The SMILES string of the molecule is Cc1ccc(C(C)C)c(OCC(=O)NNC(=O)CCN2C(=O)[C@H]3CCCC[C@@H]3C2=O)c1. The average molecular weight is 430 g/mol. The van der Waals surface area contributed by atoms with Crippen LogP contribution in [0.25, 0.3) is 0 Å². The summed E-state index contributed by atoms with van der Waals surface area (Å²) in [5, 5.41) is 0. The molecule has 1 heterocycles. The summed E-state index contributed by atoms with van der Waals surface area (Å²) in [5.74, 6) is -0.858. The van der Waals surface area contributed by atoms with E-state index >= 15 is 0 Å². The van der Waals surface area contributed by atoms with Crippen LogP contribution < -0.4 is 15.6 Å². The number of likely N-dealkylation sites (tertiary alicyclic amines) is 1. The van der Waals surface area contributed by atoms with Crippen LogP contribution in [0.1, 0.15) is 63.0 Å². The topological polar surface area (TPSA) is 105 Å². The number of amides is 4. The second-order valence-corrected chi connectivity index (χ2v) is 8.66. The first-order valence-electron chi connectivity index (χ1n) is 10.9. The molecule has 1 aromatic rings. The second kappa shape index (κ2) is 9.94. The molecule has 8 heteroatoms. The van der Waals surface area contributed by atoms with E-state index in [2.05, 4.69) is 10.9 Å². The number of rotatable bonds is 7. The zero-order chi connectivity index (χ0) is 22.5. The molecule has 1 saturated heterocycles. The van der Waals surface area contributed by atoms with Crippen molar-refractivity contribution in [1.82, 2.24) is 15.8 Å². The number of hydrogen-bond acceptors (Lipinski definition) is 5. The number of hydrazine groups is 1. The van der Waals surface area contributed by atoms with Gasteiger partial charge in [-0.2, -0.15) is 0 Å². The number of fused-ring (bicyclic) bond motifs is 1. The summed E-state index contributed by atoms with van der Waals surface area (Å²) in [6.07, 6.45) is 3.35. The van der Waals surface area contributed by atoms with Crippen LogP contribution in [0, 0.1) is 18.8 Å². The van der Waals surface area contributed by atoms with Gasteiger partial charge in [0.25, 0.3) is 5.91 Å². The molecule has 168 valence electrons. The average Bonchev–Trinajstić information content (AvgIpc) is 2.99. The van der Waals surface area contributed by atoms with Gasteiger partial charge < -0.3 is 4.74 Å². The maximum Gasteiger partial charge on any atom is 0.276 e. The van der Waals surface area contributed by atoms with Crippen LogP contribution in [0.2, 0.25) is 0 Å². The van der Waals surface area contributed by atoms with Crippen LogP contribution in [-0.2, 0) is 19.2 Å². The van der Waals surface area contributed by atoms with Crippen LogP contribution in [0.5, 0.6) is 5.75 Å². The normalized spacial score (nSPS) is 20.6. The number of hydrogen-bond donors (Lipinski definition) is 2. The summed E-state index contributed by atoms with van der Waals surface area (Å²) in [5.41, 5.74) is 6.66. The fourth-order valence-corrected chi connectivity index (χ4v) is 4.29. The van der Waals surface area contributed by atoms with Crippen molar-refractivity contribution in [2.24, 2.45) is 11.8 Å². The maximum absolute atomic E-state index is 12.4. The van der Waals surface area contributed by atoms with Gasteiger partial charge in [0.05, 0.1) is 11.8 Å². The summed E-state index contributed by atoms with van der Waals surface area (Å²) >= 11 is 0. The van der Waals surface area contributed by atoms with Crippen molar-refractivity contribution in [3.05, 3.63) is 29.3 Å². The highest BCUT2D eigenvalue weighted by Crippen LogP contribution is 2.37. The standard InChI is InChI=1S/C23H31N3O5/c1-14(2)16-9-8-15(3)12-19(16)31-13-21(28)25-24-20(27)10-11-26-22(29)17-6-4-5-7-18(17)23(26)30/h8-9,12,14,17-18H,4-7,10-11,13H2,1-3H3,(H,24,27)(H,25,28)/t17-,18-/m0/s1. The Morgan fingerprint density at radius 1 is 1.06 bits per heavy atom. The van der Waals surface area contributed by atoms with E-state index in [0.29, 0.717) is 5.75 Å². The van der Waals surface area contributed by atoms with Crippen molar-refractivity contribution in [2.45, 2.75) is 58.8 Å². The molecule has 0 bridgehead atoms. The Labute approximate surface area is 182 Å². The Bertz CT molecular complexity index is 843. The van der Waals surface area contributed by atoms with Crippen molar-refractivity contribution in [3.63, 3.8) is 0 Å². The van der Waals surface area contributed by atoms with E-state index < -0.39 is 11.8 Å². The first-order valence-corrected chi connectivity index (χ1v) is 10.9. The molecule has 1 saturated carbocycles. The van der Waals surface area contributed by atoms with E-state index in [4.69, 9.17) is 4.74 Å². The second-order valence-electron chi connectivity index (χ2n) is 8.66. The summed E-state index contributed by atoms with van der Waals surface area (Å²) in [6, 6.07) is 5.85. The van der Waals surface area contributed by atoms with Crippen LogP contribution in [0.15, 0.2) is 18.2 Å². The highest BCUT2D eigenvalue weighted by atomic mass is 16.5. The van der Waals surface area contributed by atoms with Crippen molar-refractivity contribution in [3.8, 4) is 5.75 Å². The smallest absolute Gasteiger partial charge is 0.276 e. The minimum Gasteiger partial charge on any atom is -0.483 e. The van der Waals surface area contributed by atoms with E-state index in [-0.39, 0.29) is 49.1 Å². The molecule has 2 atom stereocenters. The van der Waals surface area contributed by atoms with Crippen LogP contribution in [0.3, 0.4) is 0 Å². The fourth-order valence-electron chi connectivity index (χ4n) is 4.29. The summed E-state index contributed by atoms with van der Waals surface area (Å²) in [7, 11) is 0. The zero-order valence-corrected chi connectivity index (χ0v) is 18.4. The van der Waals surface area contributed by atoms with E-state index in [9.17, 15) is 19.2 Å². The van der Waals surface area contributed by atoms with Crippen molar-refractivity contribution < 1.29 is 23.9 Å². The first kappa shape index (κ1) is 22.8. The van der Waals surface area contributed by atoms with Gasteiger partial charge >= 0.3 is 0 Å². The number of carbonyl (C=O) groups is 4. The van der Waals surface area contributed by atoms with Gasteiger partial charge in [0, 0.05) is 13.0 Å². The molecule has 1 aliphatic heterocycles. The van der Waals surface area contributed by atoms with Gasteiger partial charge in [0.2, 0.25) is 17.7 Å². The maximum atomic E-state index is 12.4. The molecule has 0 spiro atoms. The minimum atomic E-state index is -0.496. The Hall–Kier alpha value is -2.90. The molecule has 0 radical (unpaired) electrons. The quantitative estimate of drug-likeness (QED) is 0.511. The fraction of sp³-hybridized carbons (Fsp3) is 0.565. The predicted octanol–water partition coefficient (Wildman–Crippen LogP) is 2.21. The summed E-state index contributed by atoms with van der Waals surface area (Å²) in [6.45, 7) is 5.83. The highest BCUT2D eigenvalue weighted by molar-refractivity contribution is 6.05. The molecule has 0 unspecified atom stereocenters. The highest BCUT2D eigenvalue weighted by Gasteiger charge is 2.47. The largest absolute Gasteiger partial charge is 0.483 e. The Balaban J connectivity index is 1.42. The number of imide groups is 1. The number of aryl methyl sites for hydroxylation is 1. The molecule has 0 aromatic heterocycles. The van der Waals surface area contributed by atoms with Crippen molar-refractivity contribution >= 4 is 23.6 Å². The van der Waals surface area contributed by atoms with E-state index in [1.54, 1.807) is 0 Å². The number of ether oxygens (including phenoxy) is 1. The van der Waals surface area contributed by atoms with Gasteiger partial charge in [-0.25, -0.2) is 0 Å². The van der Waals surface area contributed by atoms with E-state index in [0.717, 1.165) is 36.8 Å². The van der Waals surface area contributed by atoms with E-state index in [1.165, 1.54) is 4.90 Å². The lowest BCUT2D eigenvalue weighted by Crippen LogP contribution is -2.45. The number of benzene rings is 1. The molecule has 31 heavy (non-hydrogen) atoms. The lowest BCUT2D eigenvalue weighted by Gasteiger charge is -2.19. The van der Waals surface area contributed by atoms with Crippen LogP contribution in [0.4, 0.5) is 0 Å². The third-order valence-electron chi connectivity index (χ3n) is 5.99. The molecule has 2 fully saturated rings. The lowest BCUT2D eigenvalue weighted by atomic mass is 9.81. The number of nitrogens with one attached hydrogen (secondary N) is 2. The molecule has 3 rings (SSSR count). The molecule has 1 aromatic carbocycles. The van der Waals surface area contributed by atoms with Gasteiger partial charge in [0.15, 0.2) is 6.61 Å². The molecule has 4 amide bonds. The Kier molecular flexibility index (Phi) is 7.30. The Morgan fingerprint density at radius 3 is 2.29 bits per heavy atom. The molecular weight excluding hydrogens is 398 g/mol. The Morgan fingerprint density at radius 2 is 1.68 bits per heavy atom. The molecule has 1 aliphatic carbocycles. The third kappa shape index (κ3) is 5.42. The third-order valence-corrected chi connectivity index (χ3v) is 5.99. The molecule has 8 nitrogen and oxygen atoms in total. The van der Waals surface area contributed by atoms with Crippen molar-refractivity contribution in [1.29, 1.82) is 0 Å².